The number of amides is 1. The van der Waals surface area contributed by atoms with Crippen molar-refractivity contribution < 1.29 is 32.3 Å². The molecule has 1 saturated carbocycles. The summed E-state index contributed by atoms with van der Waals surface area (Å²) in [5.74, 6) is -0.310. The van der Waals surface area contributed by atoms with Crippen LogP contribution >= 0.6 is 0 Å². The van der Waals surface area contributed by atoms with Crippen molar-refractivity contribution in [2.75, 3.05) is 62.8 Å². The Morgan fingerprint density at radius 3 is 2.55 bits per heavy atom. The zero-order valence-corrected chi connectivity index (χ0v) is 37.3. The number of carbonyl (C=O) groups is 1. The van der Waals surface area contributed by atoms with Gasteiger partial charge < -0.3 is 34.3 Å². The fraction of sp³-hybridized carbons (Fsp3) is 0.447. The molecule has 17 nitrogen and oxygen atoms in total. The maximum atomic E-state index is 14.0. The second-order valence-corrected chi connectivity index (χ2v) is 19.7. The number of pyridine rings is 2. The monoisotopic (exact) mass is 903 g/mol. The number of sulfonamides is 1. The second kappa shape index (κ2) is 18.0. The normalized spacial score (nSPS) is 20.0. The summed E-state index contributed by atoms with van der Waals surface area (Å²) in [6, 6.07) is 19.0. The molecule has 6 heterocycles. The van der Waals surface area contributed by atoms with Gasteiger partial charge in [-0.2, -0.15) is 0 Å². The third kappa shape index (κ3) is 9.10. The van der Waals surface area contributed by atoms with E-state index in [1.807, 2.05) is 6.07 Å². The highest BCUT2D eigenvalue weighted by atomic mass is 32.2. The minimum Gasteiger partial charge on any atom is -0.455 e. The number of fused-ring (bicyclic) bond motifs is 1. The number of anilines is 2. The van der Waals surface area contributed by atoms with Crippen LogP contribution in [0.1, 0.15) is 85.8 Å². The SMILES string of the molecule is [C-]#[N+]C1(CNc2ncc(S(=O)(=O)NC(=O)c3ccc(N4CCC5(CC4)CC(N4CCOC[C@@H]4c4ccccc4C(C)C)C5)cc3Oc3cnc4[nH]ccc4c3)cc2[N+](=O)[O-])CCOCC1. The van der Waals surface area contributed by atoms with Crippen molar-refractivity contribution in [1.29, 1.82) is 0 Å². The zero-order chi connectivity index (χ0) is 45.3. The van der Waals surface area contributed by atoms with Crippen LogP contribution in [0.5, 0.6) is 11.5 Å². The summed E-state index contributed by atoms with van der Waals surface area (Å²) in [5, 5.41) is 15.8. The highest BCUT2D eigenvalue weighted by Crippen LogP contribution is 2.53. The lowest BCUT2D eigenvalue weighted by Crippen LogP contribution is -2.58. The lowest BCUT2D eigenvalue weighted by atomic mass is 9.59. The van der Waals surface area contributed by atoms with E-state index in [0.29, 0.717) is 56.0 Å². The molecule has 3 aromatic heterocycles. The Hall–Kier alpha value is -6.13. The van der Waals surface area contributed by atoms with E-state index in [9.17, 15) is 23.3 Å². The number of aromatic amines is 1. The molecular weight excluding hydrogens is 851 g/mol. The lowest BCUT2D eigenvalue weighted by Gasteiger charge is -2.57. The van der Waals surface area contributed by atoms with E-state index in [1.165, 1.54) is 23.4 Å². The smallest absolute Gasteiger partial charge is 0.312 e. The van der Waals surface area contributed by atoms with Gasteiger partial charge in [0.05, 0.1) is 74.7 Å². The number of nitro groups is 1. The van der Waals surface area contributed by atoms with Gasteiger partial charge >= 0.3 is 5.69 Å². The average Bonchev–Trinajstić information content (AvgIpc) is 3.78. The zero-order valence-electron chi connectivity index (χ0n) is 36.5. The van der Waals surface area contributed by atoms with E-state index in [1.54, 1.807) is 24.4 Å². The molecule has 1 spiro atoms. The Labute approximate surface area is 377 Å². The quantitative estimate of drug-likeness (QED) is 0.0594. The lowest BCUT2D eigenvalue weighted by molar-refractivity contribution is -0.384. The van der Waals surface area contributed by atoms with Gasteiger partial charge in [0.15, 0.2) is 0 Å². The number of piperidine rings is 1. The van der Waals surface area contributed by atoms with Crippen LogP contribution in [-0.2, 0) is 19.5 Å². The highest BCUT2D eigenvalue weighted by Gasteiger charge is 2.50. The van der Waals surface area contributed by atoms with E-state index in [0.717, 1.165) is 75.3 Å². The van der Waals surface area contributed by atoms with Gasteiger partial charge in [0.2, 0.25) is 5.82 Å². The predicted molar refractivity (Wildman–Crippen MR) is 244 cm³/mol. The molecule has 3 N–H and O–H groups in total. The minimum atomic E-state index is -4.67. The number of carbonyl (C=O) groups excluding carboxylic acids is 1. The van der Waals surface area contributed by atoms with Crippen LogP contribution in [-0.4, -0.2) is 103 Å². The number of aromatic nitrogens is 3. The molecule has 340 valence electrons. The Morgan fingerprint density at radius 2 is 1.80 bits per heavy atom. The summed E-state index contributed by atoms with van der Waals surface area (Å²) >= 11 is 0. The van der Waals surface area contributed by atoms with Crippen molar-refractivity contribution in [1.82, 2.24) is 24.6 Å². The molecule has 2 aromatic carbocycles. The largest absolute Gasteiger partial charge is 0.455 e. The second-order valence-electron chi connectivity index (χ2n) is 18.1. The van der Waals surface area contributed by atoms with Crippen LogP contribution in [0.3, 0.4) is 0 Å². The van der Waals surface area contributed by atoms with Crippen molar-refractivity contribution in [2.45, 2.75) is 80.8 Å². The predicted octanol–water partition coefficient (Wildman–Crippen LogP) is 7.60. The number of morpholine rings is 1. The van der Waals surface area contributed by atoms with E-state index in [2.05, 4.69) is 77.7 Å². The topological polar surface area (TPSA) is 199 Å². The number of nitrogens with one attached hydrogen (secondary N) is 3. The van der Waals surface area contributed by atoms with Crippen molar-refractivity contribution in [3.8, 4) is 11.5 Å². The Bertz CT molecular complexity index is 2730. The molecule has 4 aliphatic rings. The van der Waals surface area contributed by atoms with Gasteiger partial charge in [0, 0.05) is 55.1 Å². The first-order valence-corrected chi connectivity index (χ1v) is 23.7. The van der Waals surface area contributed by atoms with Crippen molar-refractivity contribution in [3.05, 3.63) is 117 Å². The summed E-state index contributed by atoms with van der Waals surface area (Å²) in [5.41, 5.74) is 2.95. The molecular formula is C47H53N9O8S. The maximum absolute atomic E-state index is 14.0. The third-order valence-corrected chi connectivity index (χ3v) is 15.1. The molecule has 1 aliphatic carbocycles. The van der Waals surface area contributed by atoms with Crippen LogP contribution in [0.4, 0.5) is 17.2 Å². The molecule has 3 saturated heterocycles. The maximum Gasteiger partial charge on any atom is 0.312 e. The van der Waals surface area contributed by atoms with Gasteiger partial charge in [-0.3, -0.25) is 19.8 Å². The first-order chi connectivity index (χ1) is 31.3. The van der Waals surface area contributed by atoms with E-state index in [4.69, 9.17) is 20.8 Å². The number of ether oxygens (including phenoxy) is 3. The summed E-state index contributed by atoms with van der Waals surface area (Å²) in [7, 11) is -4.67. The van der Waals surface area contributed by atoms with Crippen molar-refractivity contribution >= 4 is 44.2 Å². The highest BCUT2D eigenvalue weighted by molar-refractivity contribution is 7.90. The fourth-order valence-corrected chi connectivity index (χ4v) is 10.9. The van der Waals surface area contributed by atoms with Gasteiger partial charge in [-0.1, -0.05) is 38.1 Å². The molecule has 1 atom stereocenters. The van der Waals surface area contributed by atoms with E-state index < -0.39 is 37.0 Å². The first kappa shape index (κ1) is 44.1. The third-order valence-electron chi connectivity index (χ3n) is 13.8. The van der Waals surface area contributed by atoms with Crippen molar-refractivity contribution in [3.63, 3.8) is 0 Å². The van der Waals surface area contributed by atoms with Gasteiger partial charge in [0.25, 0.3) is 21.5 Å². The summed E-state index contributed by atoms with van der Waals surface area (Å²) in [6.07, 6.45) is 9.37. The van der Waals surface area contributed by atoms with Gasteiger partial charge in [-0.15, -0.1) is 0 Å². The molecule has 0 bridgehead atoms. The fourth-order valence-electron chi connectivity index (χ4n) is 9.99. The van der Waals surface area contributed by atoms with E-state index >= 15 is 0 Å². The van der Waals surface area contributed by atoms with Gasteiger partial charge in [-0.25, -0.2) is 29.7 Å². The molecule has 1 amide bonds. The Morgan fingerprint density at radius 1 is 1.02 bits per heavy atom. The Balaban J connectivity index is 0.909. The van der Waals surface area contributed by atoms with Crippen LogP contribution in [0.15, 0.2) is 84.1 Å². The summed E-state index contributed by atoms with van der Waals surface area (Å²) in [6.45, 7) is 17.0. The Kier molecular flexibility index (Phi) is 12.2. The van der Waals surface area contributed by atoms with Gasteiger partial charge in [0.1, 0.15) is 22.0 Å². The minimum absolute atomic E-state index is 0.0599. The number of nitrogens with zero attached hydrogens (tertiary/aromatic N) is 6. The first-order valence-electron chi connectivity index (χ1n) is 22.2. The molecule has 18 heteroatoms. The average molecular weight is 904 g/mol. The molecule has 9 rings (SSSR count). The number of hydrogen-bond acceptors (Lipinski definition) is 13. The molecule has 5 aromatic rings. The number of rotatable bonds is 13. The summed E-state index contributed by atoms with van der Waals surface area (Å²) < 4.78 is 47.3. The molecule has 0 radical (unpaired) electrons. The van der Waals surface area contributed by atoms with Crippen LogP contribution in [0.25, 0.3) is 15.9 Å². The molecule has 3 aliphatic heterocycles. The molecule has 0 unspecified atom stereocenters. The van der Waals surface area contributed by atoms with Gasteiger partial charge in [-0.05, 0) is 72.4 Å². The van der Waals surface area contributed by atoms with E-state index in [-0.39, 0.29) is 35.1 Å². The van der Waals surface area contributed by atoms with Crippen LogP contribution in [0, 0.1) is 22.1 Å². The van der Waals surface area contributed by atoms with Crippen LogP contribution < -0.4 is 19.7 Å². The number of hydrogen-bond donors (Lipinski definition) is 3. The van der Waals surface area contributed by atoms with Crippen molar-refractivity contribution in [2.24, 2.45) is 5.41 Å². The standard InChI is InChI=1S/C47H53N9O8S/c1-31(2)37-6-4-5-7-38(37)41-29-63-21-18-55(41)34-25-46(26-34)11-16-54(17-12-46)33-8-9-39(42(23-33)64-35-22-32-10-15-49-43(32)50-27-35)45(57)53-65(60,61)36-24-40(56(58)59)44(51-28-36)52-30-47(48-3)13-19-62-20-14-47/h4-10,15,22-24,27-28,31,34,41H,11-14,16-21,25-26,29-30H2,1-2H3,(H,49,50)(H,51,52)(H,53,57)/t41-/m1/s1. The summed E-state index contributed by atoms with van der Waals surface area (Å²) in [4.78, 5) is 45.0. The number of benzene rings is 2. The van der Waals surface area contributed by atoms with Crippen LogP contribution in [0.2, 0.25) is 0 Å². The molecule has 65 heavy (non-hydrogen) atoms. The number of H-pyrrole nitrogens is 1. The molecule has 4 fully saturated rings.